The number of aryl methyl sites for hydroxylation is 1. The van der Waals surface area contributed by atoms with Crippen LogP contribution in [0.15, 0.2) is 12.3 Å². The van der Waals surface area contributed by atoms with Crippen LogP contribution in [0, 0.1) is 17.0 Å². The summed E-state index contributed by atoms with van der Waals surface area (Å²) in [6.45, 7) is 5.77. The summed E-state index contributed by atoms with van der Waals surface area (Å²) in [7, 11) is 0. The summed E-state index contributed by atoms with van der Waals surface area (Å²) >= 11 is 0. The molecule has 16 heavy (non-hydrogen) atoms. The van der Waals surface area contributed by atoms with E-state index in [1.165, 1.54) is 6.20 Å². The largest absolute Gasteiger partial charge is 0.358 e. The summed E-state index contributed by atoms with van der Waals surface area (Å²) in [5.74, 6) is 0.264. The topological polar surface area (TPSA) is 94.1 Å². The summed E-state index contributed by atoms with van der Waals surface area (Å²) < 4.78 is 0. The number of hydrogen-bond acceptors (Lipinski definition) is 5. The lowest BCUT2D eigenvalue weighted by Crippen LogP contribution is -2.39. The molecule has 1 heterocycles. The van der Waals surface area contributed by atoms with Gasteiger partial charge in [-0.3, -0.25) is 10.1 Å². The lowest BCUT2D eigenvalue weighted by atomic mass is 10.1. The zero-order valence-corrected chi connectivity index (χ0v) is 9.65. The van der Waals surface area contributed by atoms with Gasteiger partial charge >= 0.3 is 5.69 Å². The van der Waals surface area contributed by atoms with Gasteiger partial charge in [-0.25, -0.2) is 4.98 Å². The van der Waals surface area contributed by atoms with Crippen LogP contribution < -0.4 is 11.1 Å². The lowest BCUT2D eigenvalue weighted by Gasteiger charge is -2.24. The van der Waals surface area contributed by atoms with E-state index in [2.05, 4.69) is 10.3 Å². The Morgan fingerprint density at radius 1 is 1.62 bits per heavy atom. The second-order valence-corrected chi connectivity index (χ2v) is 4.30. The SMILES string of the molecule is Cc1ccnc(NC(C)(C)CN)c1[N+](=O)[O-]. The molecule has 0 bridgehead atoms. The molecule has 1 rings (SSSR count). The smallest absolute Gasteiger partial charge is 0.314 e. The Balaban J connectivity index is 3.14. The number of aromatic nitrogens is 1. The van der Waals surface area contributed by atoms with Crippen molar-refractivity contribution in [2.75, 3.05) is 11.9 Å². The molecule has 0 aliphatic heterocycles. The van der Waals surface area contributed by atoms with Crippen molar-refractivity contribution < 1.29 is 4.92 Å². The Morgan fingerprint density at radius 3 is 2.75 bits per heavy atom. The Labute approximate surface area is 94.0 Å². The minimum Gasteiger partial charge on any atom is -0.358 e. The Kier molecular flexibility index (Phi) is 3.44. The molecule has 0 aliphatic carbocycles. The molecule has 0 saturated carbocycles. The van der Waals surface area contributed by atoms with Gasteiger partial charge in [0.25, 0.3) is 0 Å². The number of nitrogens with zero attached hydrogens (tertiary/aromatic N) is 2. The molecule has 0 spiro atoms. The van der Waals surface area contributed by atoms with E-state index in [9.17, 15) is 10.1 Å². The highest BCUT2D eigenvalue weighted by Crippen LogP contribution is 2.27. The van der Waals surface area contributed by atoms with E-state index in [0.717, 1.165) is 0 Å². The second kappa shape index (κ2) is 4.44. The molecule has 3 N–H and O–H groups in total. The van der Waals surface area contributed by atoms with Crippen molar-refractivity contribution in [2.24, 2.45) is 5.73 Å². The normalized spacial score (nSPS) is 11.2. The van der Waals surface area contributed by atoms with E-state index in [0.29, 0.717) is 12.1 Å². The van der Waals surface area contributed by atoms with Gasteiger partial charge in [-0.1, -0.05) is 0 Å². The molecule has 6 nitrogen and oxygen atoms in total. The van der Waals surface area contributed by atoms with Gasteiger partial charge in [-0.2, -0.15) is 0 Å². The highest BCUT2D eigenvalue weighted by atomic mass is 16.6. The molecule has 0 amide bonds. The highest BCUT2D eigenvalue weighted by Gasteiger charge is 2.23. The zero-order valence-electron chi connectivity index (χ0n) is 9.65. The fourth-order valence-electron chi connectivity index (χ4n) is 1.24. The van der Waals surface area contributed by atoms with Gasteiger partial charge in [0.2, 0.25) is 5.82 Å². The van der Waals surface area contributed by atoms with Crippen molar-refractivity contribution in [3.8, 4) is 0 Å². The maximum absolute atomic E-state index is 10.9. The average Bonchev–Trinajstić information content (AvgIpc) is 2.16. The van der Waals surface area contributed by atoms with Gasteiger partial charge in [-0.05, 0) is 26.8 Å². The number of nitrogens with two attached hydrogens (primary N) is 1. The van der Waals surface area contributed by atoms with Crippen molar-refractivity contribution in [1.82, 2.24) is 4.98 Å². The number of anilines is 1. The predicted molar refractivity (Wildman–Crippen MR) is 62.4 cm³/mol. The summed E-state index contributed by atoms with van der Waals surface area (Å²) in [5.41, 5.74) is 5.72. The molecule has 1 aromatic rings. The van der Waals surface area contributed by atoms with Crippen molar-refractivity contribution >= 4 is 11.5 Å². The zero-order chi connectivity index (χ0) is 12.3. The Bertz CT molecular complexity index is 404. The molecular formula is C10H16N4O2. The fraction of sp³-hybridized carbons (Fsp3) is 0.500. The molecule has 6 heteroatoms. The number of hydrogen-bond donors (Lipinski definition) is 2. The van der Waals surface area contributed by atoms with Crippen molar-refractivity contribution in [2.45, 2.75) is 26.3 Å². The van der Waals surface area contributed by atoms with E-state index in [-0.39, 0.29) is 11.5 Å². The number of rotatable bonds is 4. The molecule has 0 fully saturated rings. The average molecular weight is 224 g/mol. The summed E-state index contributed by atoms with van der Waals surface area (Å²) in [6, 6.07) is 1.61. The maximum Gasteiger partial charge on any atom is 0.314 e. The molecule has 0 aromatic carbocycles. The van der Waals surface area contributed by atoms with Gasteiger partial charge in [0.05, 0.1) is 4.92 Å². The number of nitro groups is 1. The van der Waals surface area contributed by atoms with Crippen LogP contribution in [-0.2, 0) is 0 Å². The van der Waals surface area contributed by atoms with E-state index >= 15 is 0 Å². The van der Waals surface area contributed by atoms with Crippen molar-refractivity contribution in [1.29, 1.82) is 0 Å². The second-order valence-electron chi connectivity index (χ2n) is 4.30. The quantitative estimate of drug-likeness (QED) is 0.596. The van der Waals surface area contributed by atoms with Crippen LogP contribution in [0.1, 0.15) is 19.4 Å². The summed E-state index contributed by atoms with van der Waals surface area (Å²) in [5, 5.41) is 13.9. The van der Waals surface area contributed by atoms with Gasteiger partial charge < -0.3 is 11.1 Å². The van der Waals surface area contributed by atoms with Crippen LogP contribution in [0.4, 0.5) is 11.5 Å². The molecule has 0 unspecified atom stereocenters. The van der Waals surface area contributed by atoms with Crippen LogP contribution in [0.2, 0.25) is 0 Å². The van der Waals surface area contributed by atoms with Gasteiger partial charge in [0, 0.05) is 23.8 Å². The molecule has 1 aromatic heterocycles. The van der Waals surface area contributed by atoms with Gasteiger partial charge in [0.1, 0.15) is 0 Å². The number of nitrogens with one attached hydrogen (secondary N) is 1. The molecule has 0 radical (unpaired) electrons. The van der Waals surface area contributed by atoms with E-state index < -0.39 is 10.5 Å². The van der Waals surface area contributed by atoms with Crippen LogP contribution in [0.25, 0.3) is 0 Å². The molecule has 0 atom stereocenters. The first-order valence-electron chi connectivity index (χ1n) is 4.95. The first-order valence-corrected chi connectivity index (χ1v) is 4.95. The van der Waals surface area contributed by atoms with Crippen LogP contribution >= 0.6 is 0 Å². The molecule has 0 saturated heterocycles. The standard InChI is InChI=1S/C10H16N4O2/c1-7-4-5-12-9(8(7)14(15)16)13-10(2,3)6-11/h4-5H,6,11H2,1-3H3,(H,12,13). The summed E-state index contributed by atoms with van der Waals surface area (Å²) in [6.07, 6.45) is 1.54. The Hall–Kier alpha value is -1.69. The van der Waals surface area contributed by atoms with E-state index in [1.807, 2.05) is 13.8 Å². The third-order valence-electron chi connectivity index (χ3n) is 2.28. The highest BCUT2D eigenvalue weighted by molar-refractivity contribution is 5.60. The summed E-state index contributed by atoms with van der Waals surface area (Å²) in [4.78, 5) is 14.5. The van der Waals surface area contributed by atoms with Crippen molar-refractivity contribution in [3.05, 3.63) is 27.9 Å². The van der Waals surface area contributed by atoms with E-state index in [1.54, 1.807) is 13.0 Å². The number of pyridine rings is 1. The third kappa shape index (κ3) is 2.66. The molecule has 88 valence electrons. The van der Waals surface area contributed by atoms with Crippen LogP contribution in [0.3, 0.4) is 0 Å². The minimum absolute atomic E-state index is 0.00373. The van der Waals surface area contributed by atoms with E-state index in [4.69, 9.17) is 5.73 Å². The van der Waals surface area contributed by atoms with Gasteiger partial charge in [-0.15, -0.1) is 0 Å². The predicted octanol–water partition coefficient (Wildman–Crippen LogP) is 1.45. The van der Waals surface area contributed by atoms with Crippen LogP contribution in [-0.4, -0.2) is 22.0 Å². The monoisotopic (exact) mass is 224 g/mol. The van der Waals surface area contributed by atoms with Gasteiger partial charge in [0.15, 0.2) is 0 Å². The minimum atomic E-state index is -0.433. The lowest BCUT2D eigenvalue weighted by molar-refractivity contribution is -0.384. The Morgan fingerprint density at radius 2 is 2.25 bits per heavy atom. The fourth-order valence-corrected chi connectivity index (χ4v) is 1.24. The first-order chi connectivity index (χ1) is 7.37. The molecular weight excluding hydrogens is 208 g/mol. The third-order valence-corrected chi connectivity index (χ3v) is 2.28. The first kappa shape index (κ1) is 12.4. The molecule has 0 aliphatic rings. The van der Waals surface area contributed by atoms with Crippen molar-refractivity contribution in [3.63, 3.8) is 0 Å². The van der Waals surface area contributed by atoms with Crippen LogP contribution in [0.5, 0.6) is 0 Å². The maximum atomic E-state index is 10.9.